The lowest BCUT2D eigenvalue weighted by Gasteiger charge is -2.10. The van der Waals surface area contributed by atoms with Crippen LogP contribution >= 0.6 is 0 Å². The van der Waals surface area contributed by atoms with Crippen LogP contribution in [0.2, 0.25) is 0 Å². The Kier molecular flexibility index (Phi) is 5.90. The number of nitrogens with zero attached hydrogens (tertiary/aromatic N) is 3. The summed E-state index contributed by atoms with van der Waals surface area (Å²) in [6, 6.07) is 12.3. The van der Waals surface area contributed by atoms with Crippen LogP contribution in [0.4, 0.5) is 0 Å². The second-order valence-corrected chi connectivity index (χ2v) is 8.45. The van der Waals surface area contributed by atoms with E-state index in [9.17, 15) is 13.2 Å². The molecule has 29 heavy (non-hydrogen) atoms. The van der Waals surface area contributed by atoms with Crippen LogP contribution in [0.5, 0.6) is 5.75 Å². The number of hydrogen-bond acceptors (Lipinski definition) is 5. The van der Waals surface area contributed by atoms with Gasteiger partial charge < -0.3 is 4.74 Å². The third kappa shape index (κ3) is 4.25. The summed E-state index contributed by atoms with van der Waals surface area (Å²) in [4.78, 5) is 12.7. The molecule has 0 saturated carbocycles. The molecule has 0 fully saturated rings. The molecule has 1 aromatic heterocycles. The lowest BCUT2D eigenvalue weighted by atomic mass is 10.1. The number of rotatable bonds is 7. The van der Waals surface area contributed by atoms with Crippen LogP contribution in [-0.2, 0) is 23.6 Å². The van der Waals surface area contributed by atoms with Crippen molar-refractivity contribution in [2.75, 3.05) is 13.7 Å². The van der Waals surface area contributed by atoms with Gasteiger partial charge in [0.15, 0.2) is 5.82 Å². The Morgan fingerprint density at radius 2 is 1.79 bits per heavy atom. The van der Waals surface area contributed by atoms with Crippen molar-refractivity contribution in [2.45, 2.75) is 25.3 Å². The zero-order chi connectivity index (χ0) is 21.2. The Balaban J connectivity index is 1.76. The third-order valence-corrected chi connectivity index (χ3v) is 6.45. The van der Waals surface area contributed by atoms with Crippen LogP contribution in [0.3, 0.4) is 0 Å². The van der Waals surface area contributed by atoms with Gasteiger partial charge in [-0.25, -0.2) is 22.6 Å². The summed E-state index contributed by atoms with van der Waals surface area (Å²) in [6.07, 6.45) is 0. The number of benzene rings is 2. The van der Waals surface area contributed by atoms with Crippen molar-refractivity contribution < 1.29 is 13.2 Å². The van der Waals surface area contributed by atoms with E-state index in [1.807, 2.05) is 25.1 Å². The predicted octanol–water partition coefficient (Wildman–Crippen LogP) is 1.85. The van der Waals surface area contributed by atoms with E-state index in [0.29, 0.717) is 17.1 Å². The van der Waals surface area contributed by atoms with Crippen molar-refractivity contribution in [3.63, 3.8) is 0 Å². The molecule has 0 spiro atoms. The minimum atomic E-state index is -3.67. The van der Waals surface area contributed by atoms with Crippen molar-refractivity contribution in [3.05, 3.63) is 64.1 Å². The molecule has 3 aromatic rings. The standard InChI is InChI=1S/C20H24N4O4S/c1-14-6-5-7-18(15(14)2)29(26,27)21-12-13-24-20(25)23(3)19(22-24)16-8-10-17(28-4)11-9-16/h5-11,21H,12-13H2,1-4H3. The minimum Gasteiger partial charge on any atom is -0.497 e. The highest BCUT2D eigenvalue weighted by Gasteiger charge is 2.18. The van der Waals surface area contributed by atoms with E-state index >= 15 is 0 Å². The van der Waals surface area contributed by atoms with E-state index in [1.165, 1.54) is 9.25 Å². The Morgan fingerprint density at radius 1 is 1.10 bits per heavy atom. The summed E-state index contributed by atoms with van der Waals surface area (Å²) < 4.78 is 35.6. The summed E-state index contributed by atoms with van der Waals surface area (Å²) >= 11 is 0. The molecule has 0 aliphatic rings. The Bertz CT molecular complexity index is 1180. The highest BCUT2D eigenvalue weighted by Crippen LogP contribution is 2.20. The number of ether oxygens (including phenoxy) is 1. The molecular weight excluding hydrogens is 392 g/mol. The van der Waals surface area contributed by atoms with Crippen LogP contribution in [0, 0.1) is 13.8 Å². The summed E-state index contributed by atoms with van der Waals surface area (Å²) in [7, 11) is -0.461. The average Bonchev–Trinajstić information content (AvgIpc) is 2.98. The van der Waals surface area contributed by atoms with Gasteiger partial charge >= 0.3 is 5.69 Å². The lowest BCUT2D eigenvalue weighted by molar-refractivity contribution is 0.415. The van der Waals surface area contributed by atoms with Gasteiger partial charge in [-0.2, -0.15) is 0 Å². The van der Waals surface area contributed by atoms with Crippen LogP contribution in [0.25, 0.3) is 11.4 Å². The maximum Gasteiger partial charge on any atom is 0.345 e. The predicted molar refractivity (Wildman–Crippen MR) is 111 cm³/mol. The fourth-order valence-corrected chi connectivity index (χ4v) is 4.34. The SMILES string of the molecule is COc1ccc(-c2nn(CCNS(=O)(=O)c3cccc(C)c3C)c(=O)n2C)cc1. The quantitative estimate of drug-likeness (QED) is 0.634. The first-order valence-corrected chi connectivity index (χ1v) is 10.6. The number of aromatic nitrogens is 3. The van der Waals surface area contributed by atoms with Crippen LogP contribution in [-0.4, -0.2) is 36.4 Å². The Morgan fingerprint density at radius 3 is 2.45 bits per heavy atom. The fraction of sp³-hybridized carbons (Fsp3) is 0.300. The van der Waals surface area contributed by atoms with Gasteiger partial charge in [-0.05, 0) is 55.3 Å². The first kappa shape index (κ1) is 20.8. The molecule has 0 unspecified atom stereocenters. The van der Waals surface area contributed by atoms with E-state index in [-0.39, 0.29) is 23.7 Å². The van der Waals surface area contributed by atoms with Crippen molar-refractivity contribution in [1.82, 2.24) is 19.1 Å². The van der Waals surface area contributed by atoms with Crippen molar-refractivity contribution >= 4 is 10.0 Å². The zero-order valence-electron chi connectivity index (χ0n) is 16.8. The fourth-order valence-electron chi connectivity index (χ4n) is 3.00. The second-order valence-electron chi connectivity index (χ2n) is 6.71. The molecule has 0 bridgehead atoms. The zero-order valence-corrected chi connectivity index (χ0v) is 17.7. The van der Waals surface area contributed by atoms with E-state index < -0.39 is 10.0 Å². The molecule has 8 nitrogen and oxygen atoms in total. The summed E-state index contributed by atoms with van der Waals surface area (Å²) in [5.41, 5.74) is 2.05. The van der Waals surface area contributed by atoms with Gasteiger partial charge in [-0.15, -0.1) is 5.10 Å². The topological polar surface area (TPSA) is 95.2 Å². The van der Waals surface area contributed by atoms with E-state index in [2.05, 4.69) is 9.82 Å². The minimum absolute atomic E-state index is 0.0503. The Hall–Kier alpha value is -2.91. The van der Waals surface area contributed by atoms with Gasteiger partial charge in [0.2, 0.25) is 10.0 Å². The normalized spacial score (nSPS) is 11.6. The third-order valence-electron chi connectivity index (χ3n) is 4.85. The maximum atomic E-state index is 12.6. The van der Waals surface area contributed by atoms with Crippen molar-refractivity contribution in [3.8, 4) is 17.1 Å². The van der Waals surface area contributed by atoms with E-state index in [4.69, 9.17) is 4.74 Å². The lowest BCUT2D eigenvalue weighted by Crippen LogP contribution is -2.32. The largest absolute Gasteiger partial charge is 0.497 e. The monoisotopic (exact) mass is 416 g/mol. The van der Waals surface area contributed by atoms with E-state index in [0.717, 1.165) is 11.1 Å². The summed E-state index contributed by atoms with van der Waals surface area (Å²) in [5.74, 6) is 1.20. The molecular formula is C20H24N4O4S. The average molecular weight is 417 g/mol. The molecule has 0 amide bonds. The van der Waals surface area contributed by atoms with Gasteiger partial charge in [0.05, 0.1) is 18.6 Å². The second kappa shape index (κ2) is 8.22. The highest BCUT2D eigenvalue weighted by atomic mass is 32.2. The van der Waals surface area contributed by atoms with Crippen molar-refractivity contribution in [1.29, 1.82) is 0 Å². The molecule has 0 radical (unpaired) electrons. The number of hydrogen-bond donors (Lipinski definition) is 1. The summed E-state index contributed by atoms with van der Waals surface area (Å²) in [5, 5.41) is 4.35. The van der Waals surface area contributed by atoms with Crippen LogP contribution in [0.1, 0.15) is 11.1 Å². The number of aryl methyl sites for hydroxylation is 1. The van der Waals surface area contributed by atoms with Crippen LogP contribution in [0.15, 0.2) is 52.2 Å². The van der Waals surface area contributed by atoms with Crippen LogP contribution < -0.4 is 15.1 Å². The molecule has 0 aliphatic heterocycles. The Labute approximate surface area is 169 Å². The van der Waals surface area contributed by atoms with E-state index in [1.54, 1.807) is 45.3 Å². The molecule has 3 rings (SSSR count). The van der Waals surface area contributed by atoms with Crippen molar-refractivity contribution in [2.24, 2.45) is 7.05 Å². The molecule has 1 N–H and O–H groups in total. The molecule has 154 valence electrons. The molecule has 9 heteroatoms. The van der Waals surface area contributed by atoms with Gasteiger partial charge in [-0.3, -0.25) is 4.57 Å². The molecule has 1 heterocycles. The number of sulfonamides is 1. The number of nitrogens with one attached hydrogen (secondary N) is 1. The summed E-state index contributed by atoms with van der Waals surface area (Å²) in [6.45, 7) is 3.80. The van der Waals surface area contributed by atoms with Gasteiger partial charge in [-0.1, -0.05) is 12.1 Å². The molecule has 0 saturated heterocycles. The number of methoxy groups -OCH3 is 1. The first-order valence-electron chi connectivity index (χ1n) is 9.08. The smallest absolute Gasteiger partial charge is 0.345 e. The highest BCUT2D eigenvalue weighted by molar-refractivity contribution is 7.89. The van der Waals surface area contributed by atoms with Gasteiger partial charge in [0.25, 0.3) is 0 Å². The molecule has 0 aliphatic carbocycles. The first-order chi connectivity index (χ1) is 13.7. The molecule has 0 atom stereocenters. The van der Waals surface area contributed by atoms with Gasteiger partial charge in [0.1, 0.15) is 5.75 Å². The maximum absolute atomic E-state index is 12.6. The van der Waals surface area contributed by atoms with Gasteiger partial charge in [0, 0.05) is 19.2 Å². The molecule has 2 aromatic carbocycles.